The smallest absolute Gasteiger partial charge is 0.315 e. The molecular formula is C16H18ClN3O. The summed E-state index contributed by atoms with van der Waals surface area (Å²) in [6, 6.07) is 6.30. The first-order chi connectivity index (χ1) is 10.2. The Morgan fingerprint density at radius 2 is 2.19 bits per heavy atom. The molecule has 2 aliphatic carbocycles. The zero-order chi connectivity index (χ0) is 14.4. The molecule has 21 heavy (non-hydrogen) atoms. The summed E-state index contributed by atoms with van der Waals surface area (Å²) in [5, 5.41) is 7.95. The van der Waals surface area contributed by atoms with Crippen molar-refractivity contribution in [2.24, 2.45) is 0 Å². The third kappa shape index (κ3) is 2.48. The van der Waals surface area contributed by atoms with Crippen LogP contribution in [-0.2, 0) is 5.41 Å². The first-order valence-corrected chi connectivity index (χ1v) is 7.86. The van der Waals surface area contributed by atoms with Gasteiger partial charge in [-0.3, -0.25) is 0 Å². The molecule has 4 nitrogen and oxygen atoms in total. The largest absolute Gasteiger partial charge is 0.361 e. The van der Waals surface area contributed by atoms with Crippen LogP contribution in [0.25, 0.3) is 10.9 Å². The number of nitrogens with one attached hydrogen (secondary N) is 3. The predicted molar refractivity (Wildman–Crippen MR) is 83.8 cm³/mol. The molecule has 0 bridgehead atoms. The maximum atomic E-state index is 11.8. The summed E-state index contributed by atoms with van der Waals surface area (Å²) < 4.78 is 0. The molecule has 2 aromatic rings. The summed E-state index contributed by atoms with van der Waals surface area (Å²) in [6.45, 7) is 0.696. The number of hydrogen-bond donors (Lipinski definition) is 3. The van der Waals surface area contributed by atoms with E-state index in [1.54, 1.807) is 0 Å². The van der Waals surface area contributed by atoms with E-state index in [2.05, 4.69) is 27.9 Å². The molecule has 4 rings (SSSR count). The lowest BCUT2D eigenvalue weighted by molar-refractivity contribution is 0.239. The summed E-state index contributed by atoms with van der Waals surface area (Å²) in [5.74, 6) is 0. The van der Waals surface area contributed by atoms with Crippen molar-refractivity contribution in [1.82, 2.24) is 15.6 Å². The Bertz CT molecular complexity index is 701. The standard InChI is InChI=1S/C16H18ClN3O/c17-10-1-4-12-13(8-18-14(12)7-10)16(5-6-16)9-19-15(21)20-11-2-3-11/h1,4,7-8,11,18H,2-3,5-6,9H2,(H2,19,20,21). The maximum absolute atomic E-state index is 11.8. The normalized spacial score (nSPS) is 19.5. The van der Waals surface area contributed by atoms with E-state index < -0.39 is 0 Å². The fourth-order valence-electron chi connectivity index (χ4n) is 2.94. The van der Waals surface area contributed by atoms with Crippen LogP contribution >= 0.6 is 11.6 Å². The number of fused-ring (bicyclic) bond motifs is 1. The monoisotopic (exact) mass is 303 g/mol. The van der Waals surface area contributed by atoms with E-state index >= 15 is 0 Å². The molecule has 2 amide bonds. The molecule has 0 aliphatic heterocycles. The fraction of sp³-hybridized carbons (Fsp3) is 0.438. The number of carbonyl (C=O) groups excluding carboxylic acids is 1. The van der Waals surface area contributed by atoms with Crippen LogP contribution in [0.15, 0.2) is 24.4 Å². The summed E-state index contributed by atoms with van der Waals surface area (Å²) in [6.07, 6.45) is 6.52. The topological polar surface area (TPSA) is 56.9 Å². The zero-order valence-corrected chi connectivity index (χ0v) is 12.5. The van der Waals surface area contributed by atoms with Gasteiger partial charge in [-0.1, -0.05) is 17.7 Å². The molecule has 1 aromatic carbocycles. The van der Waals surface area contributed by atoms with E-state index in [4.69, 9.17) is 11.6 Å². The summed E-state index contributed by atoms with van der Waals surface area (Å²) in [7, 11) is 0. The van der Waals surface area contributed by atoms with Crippen LogP contribution in [0.3, 0.4) is 0 Å². The maximum Gasteiger partial charge on any atom is 0.315 e. The SMILES string of the molecule is O=C(NCC1(c2c[nH]c3cc(Cl)ccc23)CC1)NC1CC1. The average Bonchev–Trinajstić information content (AvgIpc) is 3.37. The molecule has 2 fully saturated rings. The Morgan fingerprint density at radius 1 is 1.38 bits per heavy atom. The minimum atomic E-state index is -0.0355. The second kappa shape index (κ2) is 4.67. The van der Waals surface area contributed by atoms with Crippen molar-refractivity contribution in [2.75, 3.05) is 6.54 Å². The molecule has 0 saturated heterocycles. The van der Waals surface area contributed by atoms with Gasteiger partial charge in [0.2, 0.25) is 0 Å². The number of halogens is 1. The third-order valence-electron chi connectivity index (χ3n) is 4.57. The Balaban J connectivity index is 1.51. The predicted octanol–water partition coefficient (Wildman–Crippen LogP) is 3.31. The molecule has 0 unspecified atom stereocenters. The Labute approximate surface area is 128 Å². The van der Waals surface area contributed by atoms with Crippen LogP contribution in [0.2, 0.25) is 5.02 Å². The molecule has 2 aliphatic rings. The number of carbonyl (C=O) groups is 1. The van der Waals surface area contributed by atoms with Crippen LogP contribution in [0.1, 0.15) is 31.2 Å². The van der Waals surface area contributed by atoms with E-state index in [-0.39, 0.29) is 11.4 Å². The van der Waals surface area contributed by atoms with Gasteiger partial charge in [-0.25, -0.2) is 4.79 Å². The number of H-pyrrole nitrogens is 1. The zero-order valence-electron chi connectivity index (χ0n) is 11.7. The number of hydrogen-bond acceptors (Lipinski definition) is 1. The highest BCUT2D eigenvalue weighted by molar-refractivity contribution is 6.31. The minimum Gasteiger partial charge on any atom is -0.361 e. The van der Waals surface area contributed by atoms with Crippen LogP contribution in [0.4, 0.5) is 4.79 Å². The lowest BCUT2D eigenvalue weighted by atomic mass is 9.95. The van der Waals surface area contributed by atoms with Crippen molar-refractivity contribution in [2.45, 2.75) is 37.1 Å². The molecule has 110 valence electrons. The Morgan fingerprint density at radius 3 is 2.90 bits per heavy atom. The molecule has 1 aromatic heterocycles. The van der Waals surface area contributed by atoms with Gasteiger partial charge < -0.3 is 15.6 Å². The molecule has 0 spiro atoms. The molecule has 1 heterocycles. The highest BCUT2D eigenvalue weighted by Gasteiger charge is 2.46. The van der Waals surface area contributed by atoms with Gasteiger partial charge in [-0.2, -0.15) is 0 Å². The first-order valence-electron chi connectivity index (χ1n) is 7.48. The van der Waals surface area contributed by atoms with Gasteiger partial charge in [0, 0.05) is 40.1 Å². The van der Waals surface area contributed by atoms with E-state index in [0.29, 0.717) is 12.6 Å². The highest BCUT2D eigenvalue weighted by atomic mass is 35.5. The van der Waals surface area contributed by atoms with E-state index in [1.807, 2.05) is 12.1 Å². The van der Waals surface area contributed by atoms with Crippen molar-refractivity contribution >= 4 is 28.5 Å². The van der Waals surface area contributed by atoms with Crippen LogP contribution in [0.5, 0.6) is 0 Å². The Hall–Kier alpha value is -1.68. The van der Waals surface area contributed by atoms with Gasteiger partial charge >= 0.3 is 6.03 Å². The first kappa shape index (κ1) is 13.0. The Kier molecular flexibility index (Phi) is 2.89. The van der Waals surface area contributed by atoms with Crippen molar-refractivity contribution in [3.63, 3.8) is 0 Å². The molecular weight excluding hydrogens is 286 g/mol. The van der Waals surface area contributed by atoms with Crippen molar-refractivity contribution < 1.29 is 4.79 Å². The molecule has 2 saturated carbocycles. The van der Waals surface area contributed by atoms with Crippen molar-refractivity contribution in [3.05, 3.63) is 35.0 Å². The second-order valence-electron chi connectivity index (χ2n) is 6.27. The number of aromatic amines is 1. The van der Waals surface area contributed by atoms with Crippen LogP contribution in [0, 0.1) is 0 Å². The van der Waals surface area contributed by atoms with Crippen molar-refractivity contribution in [3.8, 4) is 0 Å². The lowest BCUT2D eigenvalue weighted by Crippen LogP contribution is -2.40. The fourth-order valence-corrected chi connectivity index (χ4v) is 3.12. The molecule has 0 atom stereocenters. The van der Waals surface area contributed by atoms with Crippen LogP contribution < -0.4 is 10.6 Å². The molecule has 0 radical (unpaired) electrons. The van der Waals surface area contributed by atoms with Crippen molar-refractivity contribution in [1.29, 1.82) is 0 Å². The van der Waals surface area contributed by atoms with E-state index in [9.17, 15) is 4.79 Å². The minimum absolute atomic E-state index is 0.0355. The number of amides is 2. The van der Waals surface area contributed by atoms with E-state index in [0.717, 1.165) is 36.2 Å². The number of urea groups is 1. The quantitative estimate of drug-likeness (QED) is 0.797. The number of rotatable bonds is 4. The van der Waals surface area contributed by atoms with Gasteiger partial charge in [-0.05, 0) is 43.4 Å². The molecule has 3 N–H and O–H groups in total. The second-order valence-corrected chi connectivity index (χ2v) is 6.71. The summed E-state index contributed by atoms with van der Waals surface area (Å²) >= 11 is 6.03. The number of benzene rings is 1. The lowest BCUT2D eigenvalue weighted by Gasteiger charge is -2.16. The molecule has 5 heteroatoms. The van der Waals surface area contributed by atoms with Gasteiger partial charge in [0.1, 0.15) is 0 Å². The summed E-state index contributed by atoms with van der Waals surface area (Å²) in [5.41, 5.74) is 2.44. The van der Waals surface area contributed by atoms with Crippen LogP contribution in [-0.4, -0.2) is 23.6 Å². The van der Waals surface area contributed by atoms with Gasteiger partial charge in [0.25, 0.3) is 0 Å². The van der Waals surface area contributed by atoms with E-state index in [1.165, 1.54) is 10.9 Å². The van der Waals surface area contributed by atoms with Gasteiger partial charge in [0.05, 0.1) is 0 Å². The average molecular weight is 304 g/mol. The highest BCUT2D eigenvalue weighted by Crippen LogP contribution is 2.50. The number of aromatic nitrogens is 1. The summed E-state index contributed by atoms with van der Waals surface area (Å²) in [4.78, 5) is 15.1. The van der Waals surface area contributed by atoms with Gasteiger partial charge in [0.15, 0.2) is 0 Å². The van der Waals surface area contributed by atoms with Gasteiger partial charge in [-0.15, -0.1) is 0 Å². The third-order valence-corrected chi connectivity index (χ3v) is 4.80.